The monoisotopic (exact) mass is 203 g/mol. The van der Waals surface area contributed by atoms with Gasteiger partial charge in [-0.2, -0.15) is 13.2 Å². The molecule has 1 nitrogen and oxygen atoms in total. The van der Waals surface area contributed by atoms with Crippen molar-refractivity contribution in [3.8, 4) is 5.75 Å². The van der Waals surface area contributed by atoms with E-state index in [0.717, 1.165) is 12.5 Å². The summed E-state index contributed by atoms with van der Waals surface area (Å²) in [6.07, 6.45) is -6.14. The van der Waals surface area contributed by atoms with E-state index in [1.54, 1.807) is 13.0 Å². The van der Waals surface area contributed by atoms with Crippen LogP contribution < -0.4 is 4.74 Å². The minimum absolute atomic E-state index is 0.120. The van der Waals surface area contributed by atoms with Gasteiger partial charge in [0.1, 0.15) is 5.75 Å². The van der Waals surface area contributed by atoms with Gasteiger partial charge >= 0.3 is 6.18 Å². The Balaban J connectivity index is 2.70. The Morgan fingerprint density at radius 1 is 1.43 bits per heavy atom. The molecular weight excluding hydrogens is 193 g/mol. The largest absolute Gasteiger partial charge is 0.481 e. The molecule has 0 aromatic heterocycles. The Bertz CT molecular complexity index is 306. The minimum Gasteiger partial charge on any atom is -0.481 e. The van der Waals surface area contributed by atoms with Crippen molar-refractivity contribution >= 4 is 0 Å². The van der Waals surface area contributed by atoms with Crippen LogP contribution in [0.1, 0.15) is 12.5 Å². The third-order valence-corrected chi connectivity index (χ3v) is 1.70. The molecule has 0 aliphatic carbocycles. The smallest absolute Gasteiger partial charge is 0.425 e. The number of rotatable bonds is 2. The lowest BCUT2D eigenvalue weighted by Crippen LogP contribution is -2.31. The molecular formula is C10H10F3O. The number of hydrogen-bond donors (Lipinski definition) is 0. The molecule has 1 aromatic rings. The van der Waals surface area contributed by atoms with Crippen molar-refractivity contribution in [2.45, 2.75) is 26.1 Å². The lowest BCUT2D eigenvalue weighted by Gasteiger charge is -2.17. The summed E-state index contributed by atoms with van der Waals surface area (Å²) in [4.78, 5) is 0. The summed E-state index contributed by atoms with van der Waals surface area (Å²) in [5.74, 6) is 0.120. The third-order valence-electron chi connectivity index (χ3n) is 1.70. The predicted octanol–water partition coefficient (Wildman–Crippen LogP) is 3.12. The highest BCUT2D eigenvalue weighted by molar-refractivity contribution is 5.26. The normalized spacial score (nSPS) is 13.8. The molecule has 1 radical (unpaired) electrons. The van der Waals surface area contributed by atoms with Gasteiger partial charge in [0, 0.05) is 6.07 Å². The second-order valence-corrected chi connectivity index (χ2v) is 3.03. The number of hydrogen-bond acceptors (Lipinski definition) is 1. The van der Waals surface area contributed by atoms with E-state index in [-0.39, 0.29) is 5.75 Å². The zero-order chi connectivity index (χ0) is 10.8. The van der Waals surface area contributed by atoms with Crippen LogP contribution in [0.5, 0.6) is 5.75 Å². The fourth-order valence-corrected chi connectivity index (χ4v) is 0.877. The summed E-state index contributed by atoms with van der Waals surface area (Å²) in [5.41, 5.74) is 0.841. The molecule has 1 atom stereocenters. The van der Waals surface area contributed by atoms with Crippen molar-refractivity contribution < 1.29 is 17.9 Å². The SMILES string of the molecule is Cc1cc[c]c(OC(C)C(F)(F)F)c1. The van der Waals surface area contributed by atoms with Crippen LogP contribution in [-0.4, -0.2) is 12.3 Å². The molecule has 1 unspecified atom stereocenters. The molecule has 14 heavy (non-hydrogen) atoms. The van der Waals surface area contributed by atoms with Crippen molar-refractivity contribution in [2.75, 3.05) is 0 Å². The van der Waals surface area contributed by atoms with Crippen LogP contribution in [-0.2, 0) is 0 Å². The summed E-state index contributed by atoms with van der Waals surface area (Å²) in [6, 6.07) is 7.38. The van der Waals surface area contributed by atoms with Crippen LogP contribution in [0.4, 0.5) is 13.2 Å². The molecule has 0 heterocycles. The quantitative estimate of drug-likeness (QED) is 0.717. The Kier molecular flexibility index (Phi) is 3.03. The molecule has 0 spiro atoms. The van der Waals surface area contributed by atoms with Gasteiger partial charge in [-0.05, 0) is 25.5 Å². The first-order valence-electron chi connectivity index (χ1n) is 4.11. The lowest BCUT2D eigenvalue weighted by atomic mass is 10.2. The van der Waals surface area contributed by atoms with Gasteiger partial charge in [0.2, 0.25) is 0 Å². The average Bonchev–Trinajstić information content (AvgIpc) is 2.02. The number of ether oxygens (including phenoxy) is 1. The second kappa shape index (κ2) is 3.90. The molecule has 0 aliphatic rings. The maximum Gasteiger partial charge on any atom is 0.425 e. The topological polar surface area (TPSA) is 9.23 Å². The Morgan fingerprint density at radius 2 is 2.07 bits per heavy atom. The van der Waals surface area contributed by atoms with E-state index in [1.807, 2.05) is 0 Å². The summed E-state index contributed by atoms with van der Waals surface area (Å²) >= 11 is 0. The van der Waals surface area contributed by atoms with Crippen molar-refractivity contribution in [1.29, 1.82) is 0 Å². The van der Waals surface area contributed by atoms with E-state index in [1.165, 1.54) is 12.1 Å². The number of benzene rings is 1. The Hall–Kier alpha value is -1.19. The molecule has 0 saturated carbocycles. The highest BCUT2D eigenvalue weighted by Crippen LogP contribution is 2.24. The van der Waals surface area contributed by atoms with E-state index in [9.17, 15) is 13.2 Å². The maximum absolute atomic E-state index is 12.1. The number of aryl methyl sites for hydroxylation is 1. The van der Waals surface area contributed by atoms with Gasteiger partial charge in [-0.3, -0.25) is 0 Å². The molecule has 1 rings (SSSR count). The summed E-state index contributed by atoms with van der Waals surface area (Å²) in [5, 5.41) is 0. The van der Waals surface area contributed by atoms with Gasteiger partial charge < -0.3 is 4.74 Å². The molecule has 0 aliphatic heterocycles. The fraction of sp³-hybridized carbons (Fsp3) is 0.400. The van der Waals surface area contributed by atoms with Crippen LogP contribution in [0.3, 0.4) is 0 Å². The summed E-state index contributed by atoms with van der Waals surface area (Å²) in [6.45, 7) is 2.75. The number of alkyl halides is 3. The molecule has 0 fully saturated rings. The molecule has 0 amide bonds. The van der Waals surface area contributed by atoms with Gasteiger partial charge in [-0.15, -0.1) is 0 Å². The summed E-state index contributed by atoms with van der Waals surface area (Å²) in [7, 11) is 0. The van der Waals surface area contributed by atoms with Gasteiger partial charge in [-0.1, -0.05) is 12.1 Å². The van der Waals surface area contributed by atoms with Gasteiger partial charge in [0.25, 0.3) is 0 Å². The van der Waals surface area contributed by atoms with Crippen LogP contribution in [0.25, 0.3) is 0 Å². The first kappa shape index (κ1) is 10.9. The standard InChI is InChI=1S/C10H10F3O/c1-7-4-3-5-9(6-7)14-8(2)10(11,12)13/h3-4,6,8H,1-2H3. The van der Waals surface area contributed by atoms with E-state index >= 15 is 0 Å². The van der Waals surface area contributed by atoms with E-state index in [4.69, 9.17) is 0 Å². The Morgan fingerprint density at radius 3 is 2.57 bits per heavy atom. The average molecular weight is 203 g/mol. The molecule has 0 N–H and O–H groups in total. The van der Waals surface area contributed by atoms with E-state index in [0.29, 0.717) is 0 Å². The van der Waals surface area contributed by atoms with Crippen molar-refractivity contribution in [3.05, 3.63) is 29.8 Å². The summed E-state index contributed by atoms with van der Waals surface area (Å²) < 4.78 is 41.0. The van der Waals surface area contributed by atoms with Crippen molar-refractivity contribution in [1.82, 2.24) is 0 Å². The van der Waals surface area contributed by atoms with Gasteiger partial charge in [0.15, 0.2) is 6.10 Å². The van der Waals surface area contributed by atoms with Gasteiger partial charge in [-0.25, -0.2) is 0 Å². The van der Waals surface area contributed by atoms with E-state index < -0.39 is 12.3 Å². The van der Waals surface area contributed by atoms with Crippen LogP contribution in [0.15, 0.2) is 18.2 Å². The van der Waals surface area contributed by atoms with E-state index in [2.05, 4.69) is 10.8 Å². The van der Waals surface area contributed by atoms with Crippen molar-refractivity contribution in [3.63, 3.8) is 0 Å². The highest BCUT2D eigenvalue weighted by Gasteiger charge is 2.37. The van der Waals surface area contributed by atoms with Crippen LogP contribution in [0.2, 0.25) is 0 Å². The maximum atomic E-state index is 12.1. The molecule has 77 valence electrons. The molecule has 0 saturated heterocycles. The first-order valence-corrected chi connectivity index (χ1v) is 4.11. The Labute approximate surface area is 80.5 Å². The molecule has 4 heteroatoms. The predicted molar refractivity (Wildman–Crippen MR) is 46.2 cm³/mol. The minimum atomic E-state index is -4.34. The molecule has 0 bridgehead atoms. The van der Waals surface area contributed by atoms with Crippen LogP contribution >= 0.6 is 0 Å². The second-order valence-electron chi connectivity index (χ2n) is 3.03. The lowest BCUT2D eigenvalue weighted by molar-refractivity contribution is -0.189. The highest BCUT2D eigenvalue weighted by atomic mass is 19.4. The van der Waals surface area contributed by atoms with Crippen molar-refractivity contribution in [2.24, 2.45) is 0 Å². The van der Waals surface area contributed by atoms with Crippen LogP contribution in [0, 0.1) is 13.0 Å². The molecule has 1 aromatic carbocycles. The zero-order valence-electron chi connectivity index (χ0n) is 7.85. The first-order chi connectivity index (χ1) is 6.39. The van der Waals surface area contributed by atoms with Gasteiger partial charge in [0.05, 0.1) is 0 Å². The zero-order valence-corrected chi connectivity index (χ0v) is 7.85. The fourth-order valence-electron chi connectivity index (χ4n) is 0.877. The number of halogens is 3. The third kappa shape index (κ3) is 2.94.